The third-order valence-corrected chi connectivity index (χ3v) is 8.53. The zero-order valence-electron chi connectivity index (χ0n) is 13.5. The van der Waals surface area contributed by atoms with Gasteiger partial charge in [-0.25, -0.2) is 10.1 Å². The van der Waals surface area contributed by atoms with Gasteiger partial charge in [0, 0.05) is 17.5 Å². The Hall–Kier alpha value is -0.420. The van der Waals surface area contributed by atoms with E-state index < -0.39 is 6.65 Å². The van der Waals surface area contributed by atoms with Crippen LogP contribution < -0.4 is 10.2 Å². The number of nitrogens with zero attached hydrogens (tertiary/aromatic N) is 1. The van der Waals surface area contributed by atoms with Gasteiger partial charge < -0.3 is 5.09 Å². The molecule has 0 amide bonds. The van der Waals surface area contributed by atoms with Crippen LogP contribution in [0, 0.1) is 0 Å². The molecule has 0 aromatic heterocycles. The molecule has 0 saturated carbocycles. The molecule has 22 heavy (non-hydrogen) atoms. The summed E-state index contributed by atoms with van der Waals surface area (Å²) in [6, 6.07) is 9.64. The third-order valence-electron chi connectivity index (χ3n) is 2.87. The van der Waals surface area contributed by atoms with Crippen molar-refractivity contribution >= 4 is 41.8 Å². The fraction of sp³-hybridized carbons (Fsp3) is 0.533. The highest BCUT2D eigenvalue weighted by Gasteiger charge is 2.23. The molecule has 7 heteroatoms. The number of hydrogen-bond donors (Lipinski definition) is 2. The van der Waals surface area contributed by atoms with Gasteiger partial charge in [-0.2, -0.15) is 11.8 Å². The van der Waals surface area contributed by atoms with Crippen LogP contribution >= 0.6 is 29.8 Å². The molecule has 4 nitrogen and oxygen atoms in total. The maximum atomic E-state index is 13.0. The molecule has 0 radical (unpaired) electrons. The molecule has 0 saturated heterocycles. The monoisotopic (exact) mass is 359 g/mol. The van der Waals surface area contributed by atoms with E-state index >= 15 is 0 Å². The van der Waals surface area contributed by atoms with E-state index in [4.69, 9.17) is 0 Å². The highest BCUT2D eigenvalue weighted by molar-refractivity contribution is 8.57. The molecule has 2 atom stereocenters. The zero-order chi connectivity index (χ0) is 16.3. The molecule has 0 heterocycles. The highest BCUT2D eigenvalue weighted by Crippen LogP contribution is 2.53. The first-order valence-electron chi connectivity index (χ1n) is 7.56. The van der Waals surface area contributed by atoms with Gasteiger partial charge in [0.2, 0.25) is 0 Å². The molecule has 1 aromatic carbocycles. The van der Waals surface area contributed by atoms with Crippen molar-refractivity contribution in [3.8, 4) is 0 Å². The van der Waals surface area contributed by atoms with Crippen LogP contribution in [0.4, 0.5) is 5.69 Å². The first-order valence-corrected chi connectivity index (χ1v) is 11.9. The lowest BCUT2D eigenvalue weighted by molar-refractivity contribution is 0.575. The van der Waals surface area contributed by atoms with Crippen molar-refractivity contribution in [1.82, 2.24) is 10.2 Å². The Morgan fingerprint density at radius 1 is 1.32 bits per heavy atom. The quantitative estimate of drug-likeness (QED) is 0.254. The Morgan fingerprint density at radius 2 is 2.05 bits per heavy atom. The lowest BCUT2D eigenvalue weighted by Crippen LogP contribution is -2.22. The zero-order valence-corrected chi connectivity index (χ0v) is 16.0. The van der Waals surface area contributed by atoms with E-state index in [2.05, 4.69) is 35.9 Å². The van der Waals surface area contributed by atoms with Crippen molar-refractivity contribution in [3.05, 3.63) is 30.3 Å². The summed E-state index contributed by atoms with van der Waals surface area (Å²) in [7, 11) is 0. The van der Waals surface area contributed by atoms with Crippen molar-refractivity contribution in [3.63, 3.8) is 0 Å². The predicted octanol–water partition coefficient (Wildman–Crippen LogP) is 4.92. The van der Waals surface area contributed by atoms with Gasteiger partial charge in [-0.1, -0.05) is 50.4 Å². The smallest absolute Gasteiger partial charge is 0.291 e. The van der Waals surface area contributed by atoms with Crippen LogP contribution in [-0.4, -0.2) is 29.6 Å². The van der Waals surface area contributed by atoms with Crippen LogP contribution in [-0.2, 0) is 4.57 Å². The first-order chi connectivity index (χ1) is 10.6. The molecule has 0 aliphatic rings. The molecule has 1 rings (SSSR count). The van der Waals surface area contributed by atoms with Gasteiger partial charge in [0.25, 0.3) is 6.65 Å². The van der Waals surface area contributed by atoms with Crippen molar-refractivity contribution < 1.29 is 4.57 Å². The summed E-state index contributed by atoms with van der Waals surface area (Å²) in [4.78, 5) is 4.30. The number of benzene rings is 1. The molecule has 124 valence electrons. The maximum Gasteiger partial charge on any atom is 0.291 e. The summed E-state index contributed by atoms with van der Waals surface area (Å²) in [5.41, 5.74) is 0.844. The number of rotatable bonds is 11. The molecular weight excluding hydrogens is 333 g/mol. The average molecular weight is 360 g/mol. The molecule has 0 fully saturated rings. The van der Waals surface area contributed by atoms with Crippen LogP contribution in [0.15, 0.2) is 35.3 Å². The van der Waals surface area contributed by atoms with Gasteiger partial charge in [0.15, 0.2) is 0 Å². The minimum Gasteiger partial charge on any atom is -0.307 e. The summed E-state index contributed by atoms with van der Waals surface area (Å²) in [5.74, 6) is 2.03. The number of aliphatic imine (C=N–C) groups is 1. The van der Waals surface area contributed by atoms with Crippen LogP contribution in [0.1, 0.15) is 27.2 Å². The number of hydrogen-bond acceptors (Lipinski definition) is 4. The second kappa shape index (κ2) is 11.2. The van der Waals surface area contributed by atoms with E-state index in [0.29, 0.717) is 5.25 Å². The van der Waals surface area contributed by atoms with Crippen molar-refractivity contribution in [2.24, 2.45) is 4.99 Å². The Morgan fingerprint density at radius 3 is 2.68 bits per heavy atom. The van der Waals surface area contributed by atoms with E-state index in [1.807, 2.05) is 42.1 Å². The third kappa shape index (κ3) is 8.28. The molecule has 0 bridgehead atoms. The lowest BCUT2D eigenvalue weighted by Gasteiger charge is -2.21. The Bertz CT molecular complexity index is 485. The van der Waals surface area contributed by atoms with Gasteiger partial charge >= 0.3 is 0 Å². The summed E-state index contributed by atoms with van der Waals surface area (Å²) in [5, 5.41) is 6.50. The SMILES string of the molecule is CCSCCNP(=O)(NC=Nc1ccccc1)SC(C)CC. The molecule has 0 aliphatic heterocycles. The average Bonchev–Trinajstić information content (AvgIpc) is 2.52. The molecule has 0 aliphatic carbocycles. The molecular formula is C15H26N3OPS2. The summed E-state index contributed by atoms with van der Waals surface area (Å²) in [6.45, 7) is 4.34. The minimum absolute atomic E-state index is 0.329. The topological polar surface area (TPSA) is 53.5 Å². The van der Waals surface area contributed by atoms with E-state index in [9.17, 15) is 4.57 Å². The molecule has 0 spiro atoms. The molecule has 2 N–H and O–H groups in total. The van der Waals surface area contributed by atoms with E-state index in [1.54, 1.807) is 6.34 Å². The number of thioether (sulfide) groups is 1. The van der Waals surface area contributed by atoms with Crippen LogP contribution in [0.2, 0.25) is 0 Å². The Kier molecular flexibility index (Phi) is 9.96. The second-order valence-electron chi connectivity index (χ2n) is 4.70. The normalized spacial score (nSPS) is 15.6. The van der Waals surface area contributed by atoms with Gasteiger partial charge in [-0.15, -0.1) is 0 Å². The standard InChI is InChI=1S/C15H26N3OPS2/c1-4-14(3)22-20(19,17-11-12-21-5-2)18-13-16-15-9-7-6-8-10-15/h6-10,13-14H,4-5,11-12H2,1-3H3,(H2,16,17,18,19). The highest BCUT2D eigenvalue weighted by atomic mass is 32.7. The van der Waals surface area contributed by atoms with Crippen molar-refractivity contribution in [1.29, 1.82) is 0 Å². The van der Waals surface area contributed by atoms with Crippen molar-refractivity contribution in [2.75, 3.05) is 18.1 Å². The number of para-hydroxylation sites is 1. The van der Waals surface area contributed by atoms with E-state index in [0.717, 1.165) is 30.2 Å². The summed E-state index contributed by atoms with van der Waals surface area (Å²) in [6.07, 6.45) is 2.53. The lowest BCUT2D eigenvalue weighted by atomic mass is 10.3. The summed E-state index contributed by atoms with van der Waals surface area (Å²) >= 11 is 3.31. The maximum absolute atomic E-state index is 13.0. The fourth-order valence-corrected chi connectivity index (χ4v) is 6.52. The number of nitrogens with one attached hydrogen (secondary N) is 2. The van der Waals surface area contributed by atoms with Crippen molar-refractivity contribution in [2.45, 2.75) is 32.4 Å². The first kappa shape index (κ1) is 19.6. The summed E-state index contributed by atoms with van der Waals surface area (Å²) < 4.78 is 13.0. The molecule has 1 aromatic rings. The second-order valence-corrected chi connectivity index (χ2v) is 11.0. The van der Waals surface area contributed by atoms with Gasteiger partial charge in [-0.3, -0.25) is 4.57 Å². The van der Waals surface area contributed by atoms with Crippen LogP contribution in [0.3, 0.4) is 0 Å². The van der Waals surface area contributed by atoms with E-state index in [1.165, 1.54) is 11.4 Å². The molecule has 2 unspecified atom stereocenters. The van der Waals surface area contributed by atoms with Crippen LogP contribution in [0.25, 0.3) is 0 Å². The van der Waals surface area contributed by atoms with Gasteiger partial charge in [0.05, 0.1) is 12.0 Å². The minimum atomic E-state index is -2.72. The van der Waals surface area contributed by atoms with Gasteiger partial charge in [-0.05, 0) is 24.3 Å². The van der Waals surface area contributed by atoms with Crippen LogP contribution in [0.5, 0.6) is 0 Å². The Labute approximate surface area is 142 Å². The van der Waals surface area contributed by atoms with E-state index in [-0.39, 0.29) is 0 Å². The van der Waals surface area contributed by atoms with Gasteiger partial charge in [0.1, 0.15) is 0 Å². The largest absolute Gasteiger partial charge is 0.307 e. The Balaban J connectivity index is 2.60. The predicted molar refractivity (Wildman–Crippen MR) is 104 cm³/mol. The fourth-order valence-electron chi connectivity index (χ4n) is 1.54.